The molecular weight excluding hydrogens is 296 g/mol. The lowest BCUT2D eigenvalue weighted by molar-refractivity contribution is 0.112. The topological polar surface area (TPSA) is 32.9 Å². The zero-order valence-electron chi connectivity index (χ0n) is 13.2. The Bertz CT molecular complexity index is 904. The summed E-state index contributed by atoms with van der Waals surface area (Å²) < 4.78 is 27.2. The molecule has 3 aromatic rings. The van der Waals surface area contributed by atoms with Crippen molar-refractivity contribution in [2.24, 2.45) is 0 Å². The number of carbonyl (C=O) groups is 1. The third kappa shape index (κ3) is 2.65. The van der Waals surface area contributed by atoms with Gasteiger partial charge in [0.25, 0.3) is 0 Å². The summed E-state index contributed by atoms with van der Waals surface area (Å²) in [5, 5.41) is 0.742. The average molecular weight is 313 g/mol. The van der Waals surface area contributed by atoms with E-state index in [1.807, 2.05) is 18.2 Å². The molecule has 0 aliphatic heterocycles. The van der Waals surface area contributed by atoms with Crippen molar-refractivity contribution in [1.82, 2.24) is 4.98 Å². The van der Waals surface area contributed by atoms with Crippen molar-refractivity contribution in [2.45, 2.75) is 26.2 Å². The van der Waals surface area contributed by atoms with E-state index < -0.39 is 11.6 Å². The molecule has 0 atom stereocenters. The highest BCUT2D eigenvalue weighted by Gasteiger charge is 2.19. The van der Waals surface area contributed by atoms with Crippen LogP contribution >= 0.6 is 0 Å². The number of hydrogen-bond donors (Lipinski definition) is 1. The van der Waals surface area contributed by atoms with Gasteiger partial charge in [0.1, 0.15) is 11.6 Å². The van der Waals surface area contributed by atoms with Crippen LogP contribution in [0.25, 0.3) is 22.2 Å². The van der Waals surface area contributed by atoms with Crippen LogP contribution in [0, 0.1) is 11.6 Å². The van der Waals surface area contributed by atoms with Gasteiger partial charge in [0.15, 0.2) is 6.29 Å². The van der Waals surface area contributed by atoms with Crippen molar-refractivity contribution >= 4 is 17.2 Å². The molecule has 0 bridgehead atoms. The molecule has 1 aromatic heterocycles. The van der Waals surface area contributed by atoms with Crippen molar-refractivity contribution in [3.05, 3.63) is 59.2 Å². The van der Waals surface area contributed by atoms with Gasteiger partial charge >= 0.3 is 0 Å². The molecule has 0 aliphatic rings. The molecule has 0 fully saturated rings. The summed E-state index contributed by atoms with van der Waals surface area (Å²) >= 11 is 0. The predicted octanol–water partition coefficient (Wildman–Crippen LogP) is 5.22. The largest absolute Gasteiger partial charge is 0.354 e. The van der Waals surface area contributed by atoms with Gasteiger partial charge < -0.3 is 4.98 Å². The van der Waals surface area contributed by atoms with Crippen molar-refractivity contribution < 1.29 is 13.6 Å². The quantitative estimate of drug-likeness (QED) is 0.646. The van der Waals surface area contributed by atoms with Crippen molar-refractivity contribution in [3.8, 4) is 11.3 Å². The van der Waals surface area contributed by atoms with Crippen molar-refractivity contribution in [1.29, 1.82) is 0 Å². The van der Waals surface area contributed by atoms with E-state index >= 15 is 0 Å². The van der Waals surface area contributed by atoms with E-state index in [0.29, 0.717) is 17.5 Å². The minimum absolute atomic E-state index is 0.0626. The Morgan fingerprint density at radius 1 is 1.04 bits per heavy atom. The highest BCUT2D eigenvalue weighted by atomic mass is 19.1. The van der Waals surface area contributed by atoms with Crippen LogP contribution in [0.5, 0.6) is 0 Å². The van der Waals surface area contributed by atoms with Gasteiger partial charge in [-0.1, -0.05) is 26.8 Å². The lowest BCUT2D eigenvalue weighted by Gasteiger charge is -2.18. The molecule has 23 heavy (non-hydrogen) atoms. The molecular formula is C19H17F2NO. The molecule has 1 heterocycles. The fourth-order valence-electron chi connectivity index (χ4n) is 2.71. The Morgan fingerprint density at radius 2 is 1.78 bits per heavy atom. The molecule has 2 aromatic carbocycles. The minimum atomic E-state index is -0.698. The third-order valence-corrected chi connectivity index (χ3v) is 4.02. The normalized spacial score (nSPS) is 11.9. The standard InChI is InChI=1S/C19H17F2NO/c1-19(2,3)11-4-7-17-14(8-11)15(10-23)18(22-17)13-6-5-12(20)9-16(13)21/h4-10,22H,1-3H3. The van der Waals surface area contributed by atoms with Gasteiger partial charge in [-0.25, -0.2) is 8.78 Å². The zero-order valence-corrected chi connectivity index (χ0v) is 13.2. The van der Waals surface area contributed by atoms with Crippen molar-refractivity contribution in [3.63, 3.8) is 0 Å². The molecule has 2 nitrogen and oxygen atoms in total. The number of aromatic amines is 1. The monoisotopic (exact) mass is 313 g/mol. The SMILES string of the molecule is CC(C)(C)c1ccc2[nH]c(-c3ccc(F)cc3F)c(C=O)c2c1. The van der Waals surface area contributed by atoms with Crippen LogP contribution < -0.4 is 0 Å². The third-order valence-electron chi connectivity index (χ3n) is 4.02. The molecule has 0 saturated heterocycles. The second-order valence-electron chi connectivity index (χ2n) is 6.67. The second kappa shape index (κ2) is 5.30. The molecule has 1 N–H and O–H groups in total. The first-order chi connectivity index (χ1) is 10.8. The first kappa shape index (κ1) is 15.4. The lowest BCUT2D eigenvalue weighted by atomic mass is 9.86. The van der Waals surface area contributed by atoms with E-state index in [1.54, 1.807) is 0 Å². The summed E-state index contributed by atoms with van der Waals surface area (Å²) in [5.41, 5.74) is 2.71. The van der Waals surface area contributed by atoms with E-state index in [-0.39, 0.29) is 11.0 Å². The van der Waals surface area contributed by atoms with Crippen LogP contribution in [0.15, 0.2) is 36.4 Å². The van der Waals surface area contributed by atoms with Crippen LogP contribution in [0.1, 0.15) is 36.7 Å². The second-order valence-corrected chi connectivity index (χ2v) is 6.67. The molecule has 3 rings (SSSR count). The summed E-state index contributed by atoms with van der Waals surface area (Å²) in [6.07, 6.45) is 0.712. The molecule has 0 unspecified atom stereocenters. The maximum Gasteiger partial charge on any atom is 0.152 e. The Balaban J connectivity index is 2.28. The summed E-state index contributed by atoms with van der Waals surface area (Å²) in [6, 6.07) is 9.15. The van der Waals surface area contributed by atoms with Gasteiger partial charge in [0, 0.05) is 28.1 Å². The van der Waals surface area contributed by atoms with Crippen LogP contribution in [-0.2, 0) is 5.41 Å². The Morgan fingerprint density at radius 3 is 2.39 bits per heavy atom. The van der Waals surface area contributed by atoms with Gasteiger partial charge in [-0.15, -0.1) is 0 Å². The maximum absolute atomic E-state index is 14.1. The summed E-state index contributed by atoms with van der Waals surface area (Å²) in [7, 11) is 0. The number of H-pyrrole nitrogens is 1. The minimum Gasteiger partial charge on any atom is -0.354 e. The lowest BCUT2D eigenvalue weighted by Crippen LogP contribution is -2.10. The Hall–Kier alpha value is -2.49. The van der Waals surface area contributed by atoms with Crippen molar-refractivity contribution in [2.75, 3.05) is 0 Å². The molecule has 0 saturated carbocycles. The van der Waals surface area contributed by atoms with E-state index in [2.05, 4.69) is 25.8 Å². The number of hydrogen-bond acceptors (Lipinski definition) is 1. The molecule has 0 spiro atoms. The number of nitrogens with one attached hydrogen (secondary N) is 1. The average Bonchev–Trinajstić information content (AvgIpc) is 2.83. The summed E-state index contributed by atoms with van der Waals surface area (Å²) in [4.78, 5) is 14.7. The number of rotatable bonds is 2. The van der Waals surface area contributed by atoms with Crippen LogP contribution in [0.3, 0.4) is 0 Å². The van der Waals surface area contributed by atoms with E-state index in [0.717, 1.165) is 22.5 Å². The smallest absolute Gasteiger partial charge is 0.152 e. The fourth-order valence-corrected chi connectivity index (χ4v) is 2.71. The van der Waals surface area contributed by atoms with Crippen LogP contribution in [0.2, 0.25) is 0 Å². The fraction of sp³-hybridized carbons (Fsp3) is 0.211. The Kier molecular flexibility index (Phi) is 3.55. The van der Waals surface area contributed by atoms with E-state index in [1.165, 1.54) is 12.1 Å². The maximum atomic E-state index is 14.1. The predicted molar refractivity (Wildman–Crippen MR) is 87.7 cm³/mol. The first-order valence-corrected chi connectivity index (χ1v) is 7.38. The van der Waals surface area contributed by atoms with E-state index in [4.69, 9.17) is 0 Å². The Labute approximate surface area is 133 Å². The number of benzene rings is 2. The van der Waals surface area contributed by atoms with Gasteiger partial charge in [-0.05, 0) is 35.2 Å². The first-order valence-electron chi connectivity index (χ1n) is 7.38. The van der Waals surface area contributed by atoms with Crippen LogP contribution in [-0.4, -0.2) is 11.3 Å². The molecule has 0 aliphatic carbocycles. The van der Waals surface area contributed by atoms with Gasteiger partial charge in [-0.3, -0.25) is 4.79 Å². The zero-order chi connectivity index (χ0) is 16.8. The highest BCUT2D eigenvalue weighted by molar-refractivity contribution is 6.04. The number of halogens is 2. The number of aromatic nitrogens is 1. The van der Waals surface area contributed by atoms with Gasteiger partial charge in [0.05, 0.1) is 5.69 Å². The number of carbonyl (C=O) groups excluding carboxylic acids is 1. The molecule has 0 radical (unpaired) electrons. The molecule has 4 heteroatoms. The summed E-state index contributed by atoms with van der Waals surface area (Å²) in [6.45, 7) is 6.26. The van der Waals surface area contributed by atoms with Crippen LogP contribution in [0.4, 0.5) is 8.78 Å². The molecule has 0 amide bonds. The van der Waals surface area contributed by atoms with E-state index in [9.17, 15) is 13.6 Å². The summed E-state index contributed by atoms with van der Waals surface area (Å²) in [5.74, 6) is -1.35. The highest BCUT2D eigenvalue weighted by Crippen LogP contribution is 2.33. The molecule has 118 valence electrons. The number of fused-ring (bicyclic) bond motifs is 1. The number of aldehydes is 1. The van der Waals surface area contributed by atoms with Gasteiger partial charge in [-0.2, -0.15) is 0 Å². The van der Waals surface area contributed by atoms with Gasteiger partial charge in [0.2, 0.25) is 0 Å².